The normalized spacial score (nSPS) is 19.0. The molecule has 234 valence electrons. The molecule has 0 aromatic heterocycles. The molecule has 0 spiro atoms. The van der Waals surface area contributed by atoms with Gasteiger partial charge in [0.15, 0.2) is 0 Å². The van der Waals surface area contributed by atoms with Gasteiger partial charge in [0.25, 0.3) is 0 Å². The lowest BCUT2D eigenvalue weighted by molar-refractivity contribution is -0.135. The Labute approximate surface area is 255 Å². The highest BCUT2D eigenvalue weighted by Gasteiger charge is 2.37. The third-order valence-corrected chi connectivity index (χ3v) is 7.70. The van der Waals surface area contributed by atoms with Crippen molar-refractivity contribution in [2.75, 3.05) is 51.4 Å². The van der Waals surface area contributed by atoms with Gasteiger partial charge in [0.05, 0.1) is 38.0 Å². The SMILES string of the molecule is COC(=O)NC1Cc2ccccc2N(C(=O)CC(C)(C)C[C@H](N)[C@@H](O)CNC(=O)C(C)(C)N2CCOCC2)C1.Cl.Cl. The smallest absolute Gasteiger partial charge is 0.407 e. The fourth-order valence-electron chi connectivity index (χ4n) is 5.34. The fourth-order valence-corrected chi connectivity index (χ4v) is 5.34. The highest BCUT2D eigenvalue weighted by molar-refractivity contribution is 5.95. The average molecular weight is 621 g/mol. The minimum atomic E-state index is -0.965. The molecule has 11 nitrogen and oxygen atoms in total. The summed E-state index contributed by atoms with van der Waals surface area (Å²) < 4.78 is 10.1. The van der Waals surface area contributed by atoms with E-state index in [1.54, 1.807) is 4.90 Å². The minimum Gasteiger partial charge on any atom is -0.453 e. The molecule has 2 aliphatic rings. The molecule has 2 heterocycles. The number of hydrogen-bond acceptors (Lipinski definition) is 8. The first kappa shape index (κ1) is 36.9. The van der Waals surface area contributed by atoms with Gasteiger partial charge in [0.2, 0.25) is 11.8 Å². The summed E-state index contributed by atoms with van der Waals surface area (Å²) in [7, 11) is 1.31. The summed E-state index contributed by atoms with van der Waals surface area (Å²) in [5.41, 5.74) is 6.90. The van der Waals surface area contributed by atoms with Crippen molar-refractivity contribution in [3.05, 3.63) is 29.8 Å². The number of carbonyl (C=O) groups is 3. The van der Waals surface area contributed by atoms with Gasteiger partial charge in [0, 0.05) is 44.3 Å². The van der Waals surface area contributed by atoms with Crippen molar-refractivity contribution in [2.24, 2.45) is 11.1 Å². The predicted octanol–water partition coefficient (Wildman–Crippen LogP) is 1.87. The molecule has 13 heteroatoms. The number of aliphatic hydroxyl groups is 1. The Balaban J connectivity index is 0.00000420. The van der Waals surface area contributed by atoms with Gasteiger partial charge in [-0.3, -0.25) is 14.5 Å². The van der Waals surface area contributed by atoms with Gasteiger partial charge < -0.3 is 35.8 Å². The summed E-state index contributed by atoms with van der Waals surface area (Å²) in [5, 5.41) is 16.4. The molecule has 0 saturated carbocycles. The van der Waals surface area contributed by atoms with Crippen molar-refractivity contribution in [3.8, 4) is 0 Å². The second-order valence-electron chi connectivity index (χ2n) is 11.8. The van der Waals surface area contributed by atoms with E-state index in [0.717, 1.165) is 11.3 Å². The summed E-state index contributed by atoms with van der Waals surface area (Å²) in [6.07, 6.45) is -0.324. The number of halogens is 2. The summed E-state index contributed by atoms with van der Waals surface area (Å²) in [6.45, 7) is 10.5. The minimum absolute atomic E-state index is 0. The lowest BCUT2D eigenvalue weighted by Crippen LogP contribution is -2.59. The van der Waals surface area contributed by atoms with E-state index >= 15 is 0 Å². The quantitative estimate of drug-likeness (QED) is 0.310. The molecule has 0 bridgehead atoms. The molecule has 3 atom stereocenters. The molecular weight excluding hydrogens is 573 g/mol. The molecule has 3 amide bonds. The Bertz CT molecular complexity index is 1020. The molecule has 1 aromatic rings. The van der Waals surface area contributed by atoms with E-state index in [1.165, 1.54) is 7.11 Å². The number of nitrogens with zero attached hydrogens (tertiary/aromatic N) is 2. The van der Waals surface area contributed by atoms with Crippen LogP contribution in [0, 0.1) is 5.41 Å². The number of nitrogens with one attached hydrogen (secondary N) is 2. The Morgan fingerprint density at radius 3 is 2.41 bits per heavy atom. The average Bonchev–Trinajstić information content (AvgIpc) is 2.90. The number of methoxy groups -OCH3 is 1. The van der Waals surface area contributed by atoms with E-state index < -0.39 is 29.2 Å². The number of para-hydroxylation sites is 1. The van der Waals surface area contributed by atoms with Gasteiger partial charge in [0.1, 0.15) is 0 Å². The number of amides is 3. The van der Waals surface area contributed by atoms with E-state index in [1.807, 2.05) is 52.0 Å². The van der Waals surface area contributed by atoms with Crippen molar-refractivity contribution < 1.29 is 29.0 Å². The van der Waals surface area contributed by atoms with E-state index in [9.17, 15) is 19.5 Å². The molecule has 41 heavy (non-hydrogen) atoms. The Hall–Kier alpha value is -2.15. The lowest BCUT2D eigenvalue weighted by atomic mass is 9.80. The van der Waals surface area contributed by atoms with Crippen LogP contribution in [-0.4, -0.2) is 98.1 Å². The molecular formula is C28H47Cl2N5O6. The first-order valence-corrected chi connectivity index (χ1v) is 13.6. The maximum Gasteiger partial charge on any atom is 0.407 e. The molecule has 2 aliphatic heterocycles. The predicted molar refractivity (Wildman–Crippen MR) is 163 cm³/mol. The number of hydrogen-bond donors (Lipinski definition) is 4. The topological polar surface area (TPSA) is 146 Å². The zero-order valence-electron chi connectivity index (χ0n) is 24.7. The number of rotatable bonds is 10. The molecule has 3 rings (SSSR count). The first-order valence-electron chi connectivity index (χ1n) is 13.6. The van der Waals surface area contributed by atoms with Crippen molar-refractivity contribution in [2.45, 2.75) is 70.7 Å². The van der Waals surface area contributed by atoms with Crippen LogP contribution in [0.1, 0.15) is 46.1 Å². The van der Waals surface area contributed by atoms with Gasteiger partial charge >= 0.3 is 6.09 Å². The van der Waals surface area contributed by atoms with Crippen LogP contribution in [0.3, 0.4) is 0 Å². The molecule has 0 aliphatic carbocycles. The van der Waals surface area contributed by atoms with E-state index in [0.29, 0.717) is 45.7 Å². The van der Waals surface area contributed by atoms with Gasteiger partial charge in [-0.2, -0.15) is 0 Å². The maximum absolute atomic E-state index is 13.5. The number of aliphatic hydroxyl groups excluding tert-OH is 1. The number of benzene rings is 1. The zero-order valence-corrected chi connectivity index (χ0v) is 26.3. The van der Waals surface area contributed by atoms with Crippen LogP contribution < -0.4 is 21.3 Å². The molecule has 1 fully saturated rings. The third-order valence-electron chi connectivity index (χ3n) is 7.70. The highest BCUT2D eigenvalue weighted by Crippen LogP contribution is 2.32. The van der Waals surface area contributed by atoms with Crippen LogP contribution in [0.2, 0.25) is 0 Å². The van der Waals surface area contributed by atoms with Crippen LogP contribution >= 0.6 is 24.8 Å². The molecule has 1 unspecified atom stereocenters. The first-order chi connectivity index (χ1) is 18.3. The summed E-state index contributed by atoms with van der Waals surface area (Å²) in [6, 6.07) is 6.75. The number of morpholine rings is 1. The van der Waals surface area contributed by atoms with Crippen molar-refractivity contribution in [3.63, 3.8) is 0 Å². The van der Waals surface area contributed by atoms with E-state index in [2.05, 4.69) is 15.5 Å². The molecule has 0 radical (unpaired) electrons. The largest absolute Gasteiger partial charge is 0.453 e. The number of nitrogens with two attached hydrogens (primary N) is 1. The van der Waals surface area contributed by atoms with Crippen LogP contribution in [-0.2, 0) is 25.5 Å². The molecule has 5 N–H and O–H groups in total. The Morgan fingerprint density at radius 2 is 1.78 bits per heavy atom. The number of ether oxygens (including phenoxy) is 2. The summed E-state index contributed by atoms with van der Waals surface area (Å²) in [4.78, 5) is 42.0. The van der Waals surface area contributed by atoms with Crippen LogP contribution in [0.15, 0.2) is 24.3 Å². The number of fused-ring (bicyclic) bond motifs is 1. The standard InChI is InChI=1S/C28H45N5O6.2ClH/c1-27(2,15-21(29)23(34)17-30-25(36)28(3,4)32-10-12-39-13-11-32)16-24(35)33-18-20(31-26(37)38-5)14-19-8-6-7-9-22(19)33;;/h6-9,20-21,23,34H,10-18,29H2,1-5H3,(H,30,36)(H,31,37);2*1H/t20?,21-,23-;;/m0../s1. The van der Waals surface area contributed by atoms with Crippen molar-refractivity contribution in [1.29, 1.82) is 0 Å². The second-order valence-corrected chi connectivity index (χ2v) is 11.8. The maximum atomic E-state index is 13.5. The molecule has 1 saturated heterocycles. The number of alkyl carbamates (subject to hydrolysis) is 1. The van der Waals surface area contributed by atoms with Crippen LogP contribution in [0.25, 0.3) is 0 Å². The fraction of sp³-hybridized carbons (Fsp3) is 0.679. The van der Waals surface area contributed by atoms with E-state index in [-0.39, 0.29) is 55.6 Å². The van der Waals surface area contributed by atoms with E-state index in [4.69, 9.17) is 15.2 Å². The number of anilines is 1. The third kappa shape index (κ3) is 9.97. The second kappa shape index (κ2) is 15.9. The zero-order chi connectivity index (χ0) is 28.8. The Morgan fingerprint density at radius 1 is 1.15 bits per heavy atom. The van der Waals surface area contributed by atoms with Crippen molar-refractivity contribution >= 4 is 48.4 Å². The van der Waals surface area contributed by atoms with Gasteiger partial charge in [-0.15, -0.1) is 24.8 Å². The van der Waals surface area contributed by atoms with Crippen LogP contribution in [0.4, 0.5) is 10.5 Å². The van der Waals surface area contributed by atoms with Crippen LogP contribution in [0.5, 0.6) is 0 Å². The van der Waals surface area contributed by atoms with Gasteiger partial charge in [-0.05, 0) is 43.7 Å². The number of carbonyl (C=O) groups excluding carboxylic acids is 3. The summed E-state index contributed by atoms with van der Waals surface area (Å²) >= 11 is 0. The highest BCUT2D eigenvalue weighted by atomic mass is 35.5. The molecule has 1 aromatic carbocycles. The van der Waals surface area contributed by atoms with Gasteiger partial charge in [-0.25, -0.2) is 4.79 Å². The Kier molecular flexibility index (Phi) is 14.3. The lowest BCUT2D eigenvalue weighted by Gasteiger charge is -2.39. The van der Waals surface area contributed by atoms with Gasteiger partial charge in [-0.1, -0.05) is 32.0 Å². The van der Waals surface area contributed by atoms with Crippen molar-refractivity contribution in [1.82, 2.24) is 15.5 Å². The summed E-state index contributed by atoms with van der Waals surface area (Å²) in [5.74, 6) is -0.268. The monoisotopic (exact) mass is 619 g/mol.